The van der Waals surface area contributed by atoms with Crippen LogP contribution in [-0.2, 0) is 14.4 Å². The summed E-state index contributed by atoms with van der Waals surface area (Å²) >= 11 is 7.36. The minimum atomic E-state index is -1.93. The summed E-state index contributed by atoms with van der Waals surface area (Å²) < 4.78 is 4.74. The fourth-order valence-electron chi connectivity index (χ4n) is 4.65. The van der Waals surface area contributed by atoms with Crippen molar-refractivity contribution in [3.63, 3.8) is 0 Å². The van der Waals surface area contributed by atoms with Crippen molar-refractivity contribution in [2.45, 2.75) is 49.4 Å². The van der Waals surface area contributed by atoms with Gasteiger partial charge in [0.25, 0.3) is 0 Å². The van der Waals surface area contributed by atoms with E-state index < -0.39 is 33.6 Å². The standard InChI is InChI=1S/C24H25ClN2O5S.K/c1-5-32-18-11-15(14-6-8-17(25)9-7-14)10-16(12-18)19-20(29)27-21(19)33-23(3,4)24(27,22(30)31)26-13(2)28;/h6-12,19,21H,5H2,1-4H3,(H,26,28)(H,30,31);/q;+1/p-1/t19-,21-,24+;/m1./s1. The third kappa shape index (κ3) is 4.45. The number of carboxylic acids is 1. The van der Waals surface area contributed by atoms with Gasteiger partial charge in [0.1, 0.15) is 5.75 Å². The maximum Gasteiger partial charge on any atom is 1.00 e. The fourth-order valence-corrected chi connectivity index (χ4v) is 6.56. The zero-order valence-corrected chi connectivity index (χ0v) is 24.4. The number of hydrogen-bond donors (Lipinski definition) is 1. The molecule has 3 atom stereocenters. The molecule has 7 nitrogen and oxygen atoms in total. The van der Waals surface area contributed by atoms with Crippen molar-refractivity contribution in [2.24, 2.45) is 0 Å². The molecular weight excluding hydrogens is 503 g/mol. The van der Waals surface area contributed by atoms with E-state index >= 15 is 0 Å². The molecule has 0 saturated carbocycles. The molecule has 2 amide bonds. The Balaban J connectivity index is 0.00000324. The van der Waals surface area contributed by atoms with Gasteiger partial charge in [0.15, 0.2) is 5.66 Å². The first-order valence-corrected chi connectivity index (χ1v) is 11.8. The van der Waals surface area contributed by atoms with Crippen LogP contribution in [0.5, 0.6) is 5.75 Å². The van der Waals surface area contributed by atoms with Gasteiger partial charge in [0, 0.05) is 11.9 Å². The Labute approximate surface area is 250 Å². The Morgan fingerprint density at radius 2 is 1.82 bits per heavy atom. The first-order chi connectivity index (χ1) is 15.5. The summed E-state index contributed by atoms with van der Waals surface area (Å²) in [5, 5.41) is 14.9. The number of fused-ring (bicyclic) bond motifs is 1. The first-order valence-electron chi connectivity index (χ1n) is 10.6. The Morgan fingerprint density at radius 1 is 1.18 bits per heavy atom. The molecule has 4 rings (SSSR count). The van der Waals surface area contributed by atoms with Gasteiger partial charge in [-0.25, -0.2) is 0 Å². The van der Waals surface area contributed by atoms with Crippen molar-refractivity contribution in [3.05, 3.63) is 53.1 Å². The van der Waals surface area contributed by atoms with Crippen LogP contribution in [0.15, 0.2) is 42.5 Å². The summed E-state index contributed by atoms with van der Waals surface area (Å²) in [5.41, 5.74) is 0.553. The number of thioether (sulfide) groups is 1. The molecule has 2 aromatic rings. The molecule has 0 aromatic heterocycles. The molecule has 0 bridgehead atoms. The van der Waals surface area contributed by atoms with Gasteiger partial charge >= 0.3 is 51.4 Å². The first kappa shape index (κ1) is 27.5. The van der Waals surface area contributed by atoms with Crippen LogP contribution >= 0.6 is 23.4 Å². The molecule has 1 N–H and O–H groups in total. The van der Waals surface area contributed by atoms with Crippen LogP contribution in [0.25, 0.3) is 11.1 Å². The number of carboxylic acid groups (broad SMARTS) is 1. The van der Waals surface area contributed by atoms with E-state index in [0.29, 0.717) is 17.4 Å². The number of carbonyl (C=O) groups excluding carboxylic acids is 3. The number of halogens is 1. The number of benzene rings is 2. The number of hydrogen-bond acceptors (Lipinski definition) is 6. The molecule has 2 aliphatic rings. The summed E-state index contributed by atoms with van der Waals surface area (Å²) in [7, 11) is 0. The summed E-state index contributed by atoms with van der Waals surface area (Å²) in [5.74, 6) is -2.41. The van der Waals surface area contributed by atoms with Gasteiger partial charge in [0.2, 0.25) is 11.8 Å². The van der Waals surface area contributed by atoms with E-state index in [0.717, 1.165) is 16.7 Å². The van der Waals surface area contributed by atoms with E-state index in [-0.39, 0.29) is 57.3 Å². The second-order valence-corrected chi connectivity index (χ2v) is 10.8. The SMILES string of the molecule is CCOc1cc(-c2ccc(Cl)cc2)cc([C@@H]2C(=O)N3[C@@H]2SC(C)(C)[C@]3(NC(C)=O)C(=O)[O-])c1.[K+]. The number of rotatable bonds is 6. The van der Waals surface area contributed by atoms with Crippen molar-refractivity contribution in [2.75, 3.05) is 6.61 Å². The Morgan fingerprint density at radius 3 is 2.38 bits per heavy atom. The van der Waals surface area contributed by atoms with Crippen molar-refractivity contribution < 1.29 is 75.6 Å². The average molecular weight is 527 g/mol. The van der Waals surface area contributed by atoms with Gasteiger partial charge in [-0.15, -0.1) is 11.8 Å². The second-order valence-electron chi connectivity index (χ2n) is 8.61. The molecule has 0 aliphatic carbocycles. The number of ether oxygens (including phenoxy) is 1. The molecule has 2 saturated heterocycles. The van der Waals surface area contributed by atoms with E-state index in [2.05, 4.69) is 5.32 Å². The van der Waals surface area contributed by atoms with Crippen LogP contribution in [0.2, 0.25) is 5.02 Å². The van der Waals surface area contributed by atoms with E-state index in [9.17, 15) is 19.5 Å². The Bertz CT molecular complexity index is 1140. The molecule has 2 aliphatic heterocycles. The minimum Gasteiger partial charge on any atom is -0.545 e. The zero-order chi connectivity index (χ0) is 24.1. The van der Waals surface area contributed by atoms with Gasteiger partial charge in [-0.05, 0) is 67.8 Å². The minimum absolute atomic E-state index is 0. The van der Waals surface area contributed by atoms with E-state index in [1.807, 2.05) is 37.3 Å². The Kier molecular flexibility index (Phi) is 8.19. The van der Waals surface area contributed by atoms with E-state index in [4.69, 9.17) is 16.3 Å². The van der Waals surface area contributed by atoms with Crippen LogP contribution in [0, 0.1) is 0 Å². The van der Waals surface area contributed by atoms with Gasteiger partial charge in [-0.2, -0.15) is 0 Å². The Hall–Kier alpha value is -1.07. The van der Waals surface area contributed by atoms with Crippen LogP contribution < -0.4 is 66.5 Å². The number of amides is 2. The molecule has 2 heterocycles. The summed E-state index contributed by atoms with van der Waals surface area (Å²) in [6.07, 6.45) is 0. The normalized spacial score (nSPS) is 24.5. The van der Waals surface area contributed by atoms with E-state index in [1.165, 1.54) is 23.6 Å². The third-order valence-corrected chi connectivity index (χ3v) is 7.98. The topological polar surface area (TPSA) is 98.8 Å². The van der Waals surface area contributed by atoms with Crippen LogP contribution in [0.1, 0.15) is 39.2 Å². The number of β-lactam (4-membered cyclic amide) rings is 1. The maximum absolute atomic E-state index is 13.4. The number of aliphatic carboxylic acids is 1. The zero-order valence-electron chi connectivity index (χ0n) is 19.7. The van der Waals surface area contributed by atoms with Crippen molar-refractivity contribution in [1.82, 2.24) is 10.2 Å². The average Bonchev–Trinajstić information content (AvgIpc) is 2.92. The summed E-state index contributed by atoms with van der Waals surface area (Å²) in [6.45, 7) is 6.95. The summed E-state index contributed by atoms with van der Waals surface area (Å²) in [4.78, 5) is 38.8. The number of nitrogens with one attached hydrogen (secondary N) is 1. The second kappa shape index (κ2) is 10.1. The molecule has 2 aromatic carbocycles. The van der Waals surface area contributed by atoms with Crippen molar-refractivity contribution in [3.8, 4) is 16.9 Å². The molecular formula is C24H24ClKN2O5S. The van der Waals surface area contributed by atoms with Crippen LogP contribution in [0.3, 0.4) is 0 Å². The molecule has 0 spiro atoms. The molecule has 10 heteroatoms. The quantitative estimate of drug-likeness (QED) is 0.412. The smallest absolute Gasteiger partial charge is 0.545 e. The van der Waals surface area contributed by atoms with Gasteiger partial charge in [0.05, 0.1) is 28.6 Å². The van der Waals surface area contributed by atoms with Crippen LogP contribution in [0.4, 0.5) is 0 Å². The fraction of sp³-hybridized carbons (Fsp3) is 0.375. The van der Waals surface area contributed by atoms with Crippen LogP contribution in [-0.4, -0.2) is 45.1 Å². The van der Waals surface area contributed by atoms with Gasteiger partial charge in [-0.1, -0.05) is 23.7 Å². The number of carbonyl (C=O) groups is 3. The molecule has 0 radical (unpaired) electrons. The third-order valence-electron chi connectivity index (χ3n) is 6.12. The monoisotopic (exact) mass is 526 g/mol. The molecule has 2 fully saturated rings. The van der Waals surface area contributed by atoms with Crippen molar-refractivity contribution >= 4 is 41.1 Å². The summed E-state index contributed by atoms with van der Waals surface area (Å²) in [6, 6.07) is 13.0. The largest absolute Gasteiger partial charge is 1.00 e. The number of nitrogens with zero attached hydrogens (tertiary/aromatic N) is 1. The van der Waals surface area contributed by atoms with Gasteiger partial charge < -0.3 is 20.0 Å². The van der Waals surface area contributed by atoms with Crippen molar-refractivity contribution in [1.29, 1.82) is 0 Å². The molecule has 34 heavy (non-hydrogen) atoms. The molecule has 174 valence electrons. The van der Waals surface area contributed by atoms with Gasteiger partial charge in [-0.3, -0.25) is 14.5 Å². The van der Waals surface area contributed by atoms with E-state index in [1.54, 1.807) is 26.0 Å². The predicted molar refractivity (Wildman–Crippen MR) is 125 cm³/mol. The predicted octanol–water partition coefficient (Wildman–Crippen LogP) is -0.231. The molecule has 0 unspecified atom stereocenters. The maximum atomic E-state index is 13.4.